The third kappa shape index (κ3) is 4.58. The molecule has 116 valence electrons. The first kappa shape index (κ1) is 16.0. The van der Waals surface area contributed by atoms with Crippen LogP contribution in [0.25, 0.3) is 0 Å². The van der Waals surface area contributed by atoms with Gasteiger partial charge in [0.25, 0.3) is 5.91 Å². The molecule has 1 aliphatic carbocycles. The lowest BCUT2D eigenvalue weighted by Gasteiger charge is -2.22. The molecule has 1 aliphatic rings. The van der Waals surface area contributed by atoms with Crippen LogP contribution in [0, 0.1) is 5.92 Å². The van der Waals surface area contributed by atoms with Crippen LogP contribution in [0.1, 0.15) is 26.7 Å². The average Bonchev–Trinajstić information content (AvgIpc) is 2.53. The number of ether oxygens (including phenoxy) is 1. The first-order valence-corrected chi connectivity index (χ1v) is 7.42. The summed E-state index contributed by atoms with van der Waals surface area (Å²) >= 11 is 0. The number of hydrogen-bond acceptors (Lipinski definition) is 3. The molecule has 0 heterocycles. The number of nitrogens with one attached hydrogen (secondary N) is 1. The van der Waals surface area contributed by atoms with Crippen molar-refractivity contribution in [3.8, 4) is 5.75 Å². The minimum atomic E-state index is -0.262. The summed E-state index contributed by atoms with van der Waals surface area (Å²) in [6, 6.07) is 9.24. The second kappa shape index (κ2) is 7.59. The predicted molar refractivity (Wildman–Crippen MR) is 88.8 cm³/mol. The van der Waals surface area contributed by atoms with Crippen molar-refractivity contribution in [3.63, 3.8) is 0 Å². The van der Waals surface area contributed by atoms with Gasteiger partial charge in [-0.2, -0.15) is 5.10 Å². The van der Waals surface area contributed by atoms with E-state index in [0.29, 0.717) is 11.7 Å². The molecule has 1 aromatic rings. The van der Waals surface area contributed by atoms with Gasteiger partial charge in [-0.3, -0.25) is 4.79 Å². The largest absolute Gasteiger partial charge is 0.484 e. The van der Waals surface area contributed by atoms with E-state index in [1.165, 1.54) is 0 Å². The van der Waals surface area contributed by atoms with Gasteiger partial charge in [-0.1, -0.05) is 36.4 Å². The number of rotatable bonds is 5. The zero-order valence-electron chi connectivity index (χ0n) is 13.1. The van der Waals surface area contributed by atoms with Gasteiger partial charge in [0.1, 0.15) is 5.75 Å². The minimum absolute atomic E-state index is 0.0481. The molecule has 0 bridgehead atoms. The van der Waals surface area contributed by atoms with Gasteiger partial charge in [0, 0.05) is 0 Å². The highest BCUT2D eigenvalue weighted by Gasteiger charge is 2.18. The number of carbonyl (C=O) groups excluding carboxylic acids is 1. The van der Waals surface area contributed by atoms with Crippen molar-refractivity contribution in [1.29, 1.82) is 0 Å². The first-order chi connectivity index (χ1) is 10.6. The van der Waals surface area contributed by atoms with Crippen LogP contribution in [-0.4, -0.2) is 18.2 Å². The Morgan fingerprint density at radius 3 is 2.82 bits per heavy atom. The van der Waals surface area contributed by atoms with Crippen LogP contribution in [0.2, 0.25) is 0 Å². The van der Waals surface area contributed by atoms with E-state index in [1.54, 1.807) is 0 Å². The molecular formula is C18H22N2O2. The Balaban J connectivity index is 1.87. The number of para-hydroxylation sites is 1. The van der Waals surface area contributed by atoms with E-state index in [2.05, 4.69) is 23.2 Å². The summed E-state index contributed by atoms with van der Waals surface area (Å²) in [5.74, 6) is 0.808. The van der Waals surface area contributed by atoms with Crippen molar-refractivity contribution in [3.05, 3.63) is 54.1 Å². The molecule has 1 aromatic carbocycles. The maximum atomic E-state index is 11.8. The maximum Gasteiger partial charge on any atom is 0.277 e. The molecule has 0 saturated carbocycles. The fraction of sp³-hybridized carbons (Fsp3) is 0.333. The Labute approximate surface area is 131 Å². The van der Waals surface area contributed by atoms with Gasteiger partial charge in [-0.05, 0) is 50.3 Å². The molecule has 1 amide bonds. The van der Waals surface area contributed by atoms with Crippen molar-refractivity contribution < 1.29 is 9.53 Å². The summed E-state index contributed by atoms with van der Waals surface area (Å²) < 4.78 is 5.38. The minimum Gasteiger partial charge on any atom is -0.484 e. The topological polar surface area (TPSA) is 50.7 Å². The van der Waals surface area contributed by atoms with Crippen LogP contribution in [0.3, 0.4) is 0 Å². The molecule has 1 N–H and O–H groups in total. The number of hydrazone groups is 1. The Morgan fingerprint density at radius 2 is 2.14 bits per heavy atom. The van der Waals surface area contributed by atoms with Crippen LogP contribution < -0.4 is 10.2 Å². The molecular weight excluding hydrogens is 276 g/mol. The summed E-state index contributed by atoms with van der Waals surface area (Å²) in [7, 11) is 0. The highest BCUT2D eigenvalue weighted by molar-refractivity contribution is 6.01. The van der Waals surface area contributed by atoms with Crippen LogP contribution in [0.5, 0.6) is 5.75 Å². The van der Waals surface area contributed by atoms with E-state index in [0.717, 1.165) is 29.7 Å². The first-order valence-electron chi connectivity index (χ1n) is 7.42. The van der Waals surface area contributed by atoms with Crippen molar-refractivity contribution in [2.75, 3.05) is 6.61 Å². The van der Waals surface area contributed by atoms with E-state index in [1.807, 2.05) is 44.2 Å². The molecule has 1 atom stereocenters. The maximum absolute atomic E-state index is 11.8. The molecule has 0 unspecified atom stereocenters. The predicted octanol–water partition coefficient (Wildman–Crippen LogP) is 3.47. The molecule has 4 nitrogen and oxygen atoms in total. The van der Waals surface area contributed by atoms with Gasteiger partial charge in [-0.25, -0.2) is 5.43 Å². The van der Waals surface area contributed by atoms with E-state index < -0.39 is 0 Å². The number of hydrogen-bond donors (Lipinski definition) is 1. The number of carbonyl (C=O) groups is 1. The van der Waals surface area contributed by atoms with Gasteiger partial charge in [0.05, 0.1) is 5.71 Å². The number of nitrogens with zero attached hydrogens (tertiary/aromatic N) is 1. The summed E-state index contributed by atoms with van der Waals surface area (Å²) in [5, 5.41) is 4.24. The molecule has 0 saturated heterocycles. The van der Waals surface area contributed by atoms with Crippen LogP contribution in [0.15, 0.2) is 59.2 Å². The summed E-state index contributed by atoms with van der Waals surface area (Å²) in [6.07, 6.45) is 3.96. The number of amides is 1. The van der Waals surface area contributed by atoms with Gasteiger partial charge >= 0.3 is 0 Å². The van der Waals surface area contributed by atoms with Gasteiger partial charge < -0.3 is 4.74 Å². The fourth-order valence-corrected chi connectivity index (χ4v) is 2.25. The fourth-order valence-electron chi connectivity index (χ4n) is 2.25. The van der Waals surface area contributed by atoms with Gasteiger partial charge in [-0.15, -0.1) is 0 Å². The van der Waals surface area contributed by atoms with Crippen molar-refractivity contribution in [1.82, 2.24) is 5.43 Å². The third-order valence-electron chi connectivity index (χ3n) is 3.73. The third-order valence-corrected chi connectivity index (χ3v) is 3.73. The molecule has 0 aliphatic heterocycles. The standard InChI is InChI=1S/C18H22N2O2/c1-13(2)15-10-9-14(3)17(11-15)19-20-18(21)12-22-16-7-5-4-6-8-16/h4-9,15H,1,10-12H2,2-3H3,(H,20,21)/b19-17-/t15-/m1/s1. The Hall–Kier alpha value is -2.36. The van der Waals surface area contributed by atoms with E-state index in [-0.39, 0.29) is 12.5 Å². The molecule has 0 fully saturated rings. The Bertz CT molecular complexity index is 603. The lowest BCUT2D eigenvalue weighted by Crippen LogP contribution is -2.27. The Morgan fingerprint density at radius 1 is 1.41 bits per heavy atom. The van der Waals surface area contributed by atoms with Crippen molar-refractivity contribution in [2.24, 2.45) is 11.0 Å². The number of allylic oxidation sites excluding steroid dienone is 3. The zero-order chi connectivity index (χ0) is 15.9. The summed E-state index contributed by atoms with van der Waals surface area (Å²) in [6.45, 7) is 8.00. The average molecular weight is 298 g/mol. The number of benzene rings is 1. The molecule has 0 radical (unpaired) electrons. The quantitative estimate of drug-likeness (QED) is 0.668. The normalized spacial score (nSPS) is 19.5. The zero-order valence-corrected chi connectivity index (χ0v) is 13.1. The Kier molecular flexibility index (Phi) is 5.53. The van der Waals surface area contributed by atoms with Crippen LogP contribution >= 0.6 is 0 Å². The summed E-state index contributed by atoms with van der Waals surface area (Å²) in [5.41, 5.74) is 5.74. The highest BCUT2D eigenvalue weighted by atomic mass is 16.5. The molecule has 4 heteroatoms. The second-order valence-corrected chi connectivity index (χ2v) is 5.57. The SMILES string of the molecule is C=C(C)[C@@H]1CC=C(C)/C(=N\NC(=O)COc2ccccc2)C1. The second-order valence-electron chi connectivity index (χ2n) is 5.57. The van der Waals surface area contributed by atoms with E-state index >= 15 is 0 Å². The lowest BCUT2D eigenvalue weighted by atomic mass is 9.85. The van der Waals surface area contributed by atoms with Gasteiger partial charge in [0.2, 0.25) is 0 Å². The molecule has 0 spiro atoms. The van der Waals surface area contributed by atoms with Crippen LogP contribution in [-0.2, 0) is 4.79 Å². The molecule has 2 rings (SSSR count). The lowest BCUT2D eigenvalue weighted by molar-refractivity contribution is -0.123. The van der Waals surface area contributed by atoms with Crippen molar-refractivity contribution >= 4 is 11.6 Å². The van der Waals surface area contributed by atoms with Gasteiger partial charge in [0.15, 0.2) is 6.61 Å². The monoisotopic (exact) mass is 298 g/mol. The smallest absolute Gasteiger partial charge is 0.277 e. The molecule has 0 aromatic heterocycles. The van der Waals surface area contributed by atoms with Crippen LogP contribution in [0.4, 0.5) is 0 Å². The molecule has 22 heavy (non-hydrogen) atoms. The summed E-state index contributed by atoms with van der Waals surface area (Å²) in [4.78, 5) is 11.8. The van der Waals surface area contributed by atoms with Crippen molar-refractivity contribution in [2.45, 2.75) is 26.7 Å². The van der Waals surface area contributed by atoms with E-state index in [4.69, 9.17) is 4.74 Å². The highest BCUT2D eigenvalue weighted by Crippen LogP contribution is 2.26. The van der Waals surface area contributed by atoms with E-state index in [9.17, 15) is 4.79 Å².